The molecule has 0 aliphatic carbocycles. The van der Waals surface area contributed by atoms with Gasteiger partial charge >= 0.3 is 0 Å². The molecule has 2 aromatic rings. The molecule has 136 valence electrons. The van der Waals surface area contributed by atoms with E-state index in [1.165, 1.54) is 6.92 Å². The third-order valence-electron chi connectivity index (χ3n) is 4.11. The molecule has 0 spiro atoms. The van der Waals surface area contributed by atoms with Crippen molar-refractivity contribution in [3.63, 3.8) is 0 Å². The summed E-state index contributed by atoms with van der Waals surface area (Å²) in [5.74, 6) is -0.584. The van der Waals surface area contributed by atoms with Gasteiger partial charge in [0.15, 0.2) is 5.71 Å². The average molecular weight is 373 g/mol. The molecule has 1 unspecified atom stereocenters. The first-order chi connectivity index (χ1) is 12.4. The van der Waals surface area contributed by atoms with E-state index < -0.39 is 11.8 Å². The molecule has 2 aromatic carbocycles. The van der Waals surface area contributed by atoms with Crippen LogP contribution in [0.3, 0.4) is 0 Å². The van der Waals surface area contributed by atoms with Crippen LogP contribution in [0.15, 0.2) is 59.8 Å². The van der Waals surface area contributed by atoms with Gasteiger partial charge in [-0.3, -0.25) is 4.79 Å². The van der Waals surface area contributed by atoms with Crippen LogP contribution in [0.25, 0.3) is 0 Å². The molecular formula is C20H21ClN2O3. The third-order valence-corrected chi connectivity index (χ3v) is 4.36. The van der Waals surface area contributed by atoms with Crippen molar-refractivity contribution in [1.82, 2.24) is 0 Å². The molecule has 0 radical (unpaired) electrons. The van der Waals surface area contributed by atoms with Gasteiger partial charge in [0.2, 0.25) is 11.8 Å². The lowest BCUT2D eigenvalue weighted by molar-refractivity contribution is -0.488. The van der Waals surface area contributed by atoms with E-state index in [9.17, 15) is 15.2 Å². The Bertz CT molecular complexity index is 828. The fraction of sp³-hybridized carbons (Fsp3) is 0.250. The molecule has 26 heavy (non-hydrogen) atoms. The van der Waals surface area contributed by atoms with Crippen molar-refractivity contribution in [3.05, 3.63) is 76.0 Å². The zero-order chi connectivity index (χ0) is 19.3. The van der Waals surface area contributed by atoms with Gasteiger partial charge in [-0.2, -0.15) is 4.74 Å². The fourth-order valence-electron chi connectivity index (χ4n) is 2.71. The van der Waals surface area contributed by atoms with Crippen LogP contribution in [0, 0.1) is 11.1 Å². The van der Waals surface area contributed by atoms with Crippen LogP contribution in [0.4, 0.5) is 0 Å². The Balaban J connectivity index is 2.46. The van der Waals surface area contributed by atoms with Crippen molar-refractivity contribution in [2.45, 2.75) is 26.8 Å². The molecule has 5 nitrogen and oxygen atoms in total. The Morgan fingerprint density at radius 2 is 1.65 bits per heavy atom. The number of carbonyl (C=O) groups excluding carboxylic acids is 1. The van der Waals surface area contributed by atoms with Crippen molar-refractivity contribution in [2.24, 2.45) is 11.1 Å². The first kappa shape index (κ1) is 19.7. The van der Waals surface area contributed by atoms with Crippen LogP contribution in [0.5, 0.6) is 0 Å². The summed E-state index contributed by atoms with van der Waals surface area (Å²) in [5, 5.41) is 26.4. The largest absolute Gasteiger partial charge is 0.623 e. The lowest BCUT2D eigenvalue weighted by atomic mass is 9.94. The summed E-state index contributed by atoms with van der Waals surface area (Å²) in [6.45, 7) is 5.15. The van der Waals surface area contributed by atoms with Crippen LogP contribution in [-0.2, 0) is 0 Å². The summed E-state index contributed by atoms with van der Waals surface area (Å²) in [5.41, 5.74) is 1.24. The average Bonchev–Trinajstić information content (AvgIpc) is 2.65. The molecule has 1 N–H and O–H groups in total. The Kier molecular flexibility index (Phi) is 6.52. The smallest absolute Gasteiger partial charge is 0.252 e. The van der Waals surface area contributed by atoms with Gasteiger partial charge in [-0.25, -0.2) is 0 Å². The van der Waals surface area contributed by atoms with Crippen molar-refractivity contribution in [3.8, 4) is 0 Å². The quantitative estimate of drug-likeness (QED) is 0.204. The second-order valence-corrected chi connectivity index (χ2v) is 6.72. The number of hydrogen-bond donors (Lipinski definition) is 1. The molecule has 0 saturated heterocycles. The highest BCUT2D eigenvalue weighted by atomic mass is 35.5. The van der Waals surface area contributed by atoms with E-state index in [1.807, 2.05) is 19.9 Å². The van der Waals surface area contributed by atoms with Gasteiger partial charge in [-0.15, -0.1) is 0 Å². The number of hydrogen-bond acceptors (Lipinski definition) is 4. The minimum Gasteiger partial charge on any atom is -0.623 e. The molecular weight excluding hydrogens is 352 g/mol. The summed E-state index contributed by atoms with van der Waals surface area (Å²) in [7, 11) is 0. The Morgan fingerprint density at radius 1 is 1.08 bits per heavy atom. The maximum atomic E-state index is 13.0. The number of nitrogens with zero attached hydrogens (tertiary/aromatic N) is 2. The molecule has 0 aliphatic heterocycles. The van der Waals surface area contributed by atoms with Crippen LogP contribution >= 0.6 is 11.6 Å². The summed E-state index contributed by atoms with van der Waals surface area (Å²) in [6.07, 6.45) is 0. The minimum absolute atomic E-state index is 0.0168. The van der Waals surface area contributed by atoms with E-state index >= 15 is 0 Å². The van der Waals surface area contributed by atoms with E-state index in [-0.39, 0.29) is 17.3 Å². The fourth-order valence-corrected chi connectivity index (χ4v) is 2.84. The SMILES string of the molecule is CC(C(=O)c1ccc(Cl)cc1)=[N+]([O-])C(C(=NO)c1ccccc1)C(C)C. The molecule has 0 aromatic heterocycles. The first-order valence-corrected chi connectivity index (χ1v) is 8.62. The molecule has 0 aliphatic rings. The highest BCUT2D eigenvalue weighted by Gasteiger charge is 2.32. The predicted octanol–water partition coefficient (Wildman–Crippen LogP) is 4.40. The number of rotatable bonds is 6. The molecule has 6 heteroatoms. The molecule has 0 heterocycles. The predicted molar refractivity (Wildman–Crippen MR) is 103 cm³/mol. The third kappa shape index (κ3) is 4.29. The van der Waals surface area contributed by atoms with Crippen LogP contribution in [0.1, 0.15) is 36.7 Å². The van der Waals surface area contributed by atoms with E-state index in [1.54, 1.807) is 48.5 Å². The molecule has 0 amide bonds. The molecule has 0 bridgehead atoms. The Morgan fingerprint density at radius 3 is 2.15 bits per heavy atom. The lowest BCUT2D eigenvalue weighted by Crippen LogP contribution is -2.40. The number of ketones is 1. The van der Waals surface area contributed by atoms with Gasteiger partial charge in [-0.05, 0) is 24.3 Å². The molecule has 0 fully saturated rings. The lowest BCUT2D eigenvalue weighted by Gasteiger charge is -2.22. The molecule has 2 rings (SSSR count). The second-order valence-electron chi connectivity index (χ2n) is 6.29. The van der Waals surface area contributed by atoms with Crippen molar-refractivity contribution in [2.75, 3.05) is 0 Å². The van der Waals surface area contributed by atoms with Gasteiger partial charge in [-0.1, -0.05) is 60.9 Å². The summed E-state index contributed by atoms with van der Waals surface area (Å²) in [4.78, 5) is 12.6. The topological polar surface area (TPSA) is 75.7 Å². The number of carbonyl (C=O) groups is 1. The van der Waals surface area contributed by atoms with E-state index in [2.05, 4.69) is 5.16 Å². The number of benzene rings is 2. The standard InChI is InChI=1S/C20H21ClN2O3/c1-13(2)19(18(22-25)15-7-5-4-6-8-15)23(26)14(3)20(24)16-9-11-17(21)12-10-16/h4-13,19,25H,1-3H3. The van der Waals surface area contributed by atoms with E-state index in [0.717, 1.165) is 0 Å². The van der Waals surface area contributed by atoms with E-state index in [4.69, 9.17) is 11.6 Å². The van der Waals surface area contributed by atoms with Gasteiger partial charge in [0.25, 0.3) is 5.78 Å². The number of oxime groups is 1. The van der Waals surface area contributed by atoms with Gasteiger partial charge in [0.05, 0.1) is 0 Å². The number of hydroxylamine groups is 1. The summed E-state index contributed by atoms with van der Waals surface area (Å²) < 4.78 is 0.629. The van der Waals surface area contributed by atoms with Gasteiger partial charge in [0.1, 0.15) is 0 Å². The number of halogens is 1. The van der Waals surface area contributed by atoms with Gasteiger partial charge < -0.3 is 10.4 Å². The zero-order valence-corrected chi connectivity index (χ0v) is 15.6. The van der Waals surface area contributed by atoms with Crippen molar-refractivity contribution in [1.29, 1.82) is 0 Å². The number of Topliss-reactive ketones (excluding diaryl/α,β-unsaturated/α-hetero) is 1. The minimum atomic E-state index is -0.807. The monoisotopic (exact) mass is 372 g/mol. The highest BCUT2D eigenvalue weighted by Crippen LogP contribution is 2.16. The van der Waals surface area contributed by atoms with Crippen LogP contribution < -0.4 is 0 Å². The van der Waals surface area contributed by atoms with E-state index in [0.29, 0.717) is 20.9 Å². The molecule has 1 atom stereocenters. The maximum Gasteiger partial charge on any atom is 0.252 e. The Hall–Kier alpha value is -2.66. The first-order valence-electron chi connectivity index (χ1n) is 8.24. The van der Waals surface area contributed by atoms with Crippen LogP contribution in [-0.4, -0.2) is 33.2 Å². The van der Waals surface area contributed by atoms with Crippen LogP contribution in [0.2, 0.25) is 5.02 Å². The zero-order valence-electron chi connectivity index (χ0n) is 14.9. The van der Waals surface area contributed by atoms with Crippen molar-refractivity contribution < 1.29 is 14.7 Å². The van der Waals surface area contributed by atoms with Gasteiger partial charge in [0, 0.05) is 29.0 Å². The van der Waals surface area contributed by atoms with Crippen molar-refractivity contribution >= 4 is 28.8 Å². The molecule has 0 saturated carbocycles. The maximum absolute atomic E-state index is 13.0. The summed E-state index contributed by atoms with van der Waals surface area (Å²) >= 11 is 5.84. The summed E-state index contributed by atoms with van der Waals surface area (Å²) in [6, 6.07) is 14.5. The second kappa shape index (κ2) is 8.63. The normalized spacial score (nSPS) is 14.1. The highest BCUT2D eigenvalue weighted by molar-refractivity contribution is 6.43. The Labute approximate surface area is 157 Å².